The van der Waals surface area contributed by atoms with Crippen LogP contribution in [0.2, 0.25) is 0 Å². The number of nitrogens with zero attached hydrogens (tertiary/aromatic N) is 3. The van der Waals surface area contributed by atoms with Gasteiger partial charge in [-0.3, -0.25) is 0 Å². The average molecular weight is 391 g/mol. The number of rotatable bonds is 3. The smallest absolute Gasteiger partial charge is 0.433 e. The lowest BCUT2D eigenvalue weighted by atomic mass is 10.1. The fraction of sp³-hybridized carbons (Fsp3) is 0.250. The second-order valence-corrected chi connectivity index (χ2v) is 5.39. The van der Waals surface area contributed by atoms with Crippen molar-refractivity contribution in [3.63, 3.8) is 0 Å². The van der Waals surface area contributed by atoms with E-state index in [9.17, 15) is 26.3 Å². The Morgan fingerprint density at radius 2 is 1.56 bits per heavy atom. The lowest BCUT2D eigenvalue weighted by Crippen LogP contribution is -2.18. The Morgan fingerprint density at radius 3 is 2.11 bits per heavy atom. The van der Waals surface area contributed by atoms with Crippen LogP contribution in [0.4, 0.5) is 26.3 Å². The van der Waals surface area contributed by atoms with Crippen molar-refractivity contribution in [1.29, 1.82) is 0 Å². The Bertz CT molecular complexity index is 994. The molecule has 0 aliphatic carbocycles. The molecule has 0 fully saturated rings. The molecule has 0 spiro atoms. The molecule has 27 heavy (non-hydrogen) atoms. The number of hydrogen-bond donors (Lipinski definition) is 0. The first kappa shape index (κ1) is 18.8. The molecule has 0 unspecified atom stereocenters. The van der Waals surface area contributed by atoms with Crippen molar-refractivity contribution < 1.29 is 35.8 Å². The monoisotopic (exact) mass is 391 g/mol. The van der Waals surface area contributed by atoms with Gasteiger partial charge >= 0.3 is 12.4 Å². The third kappa shape index (κ3) is 3.36. The van der Waals surface area contributed by atoms with Crippen LogP contribution >= 0.6 is 0 Å². The Hall–Kier alpha value is -2.98. The Balaban J connectivity index is 2.30. The zero-order valence-corrected chi connectivity index (χ0v) is 13.8. The van der Waals surface area contributed by atoms with Gasteiger partial charge in [0.1, 0.15) is 5.69 Å². The predicted octanol–water partition coefficient (Wildman–Crippen LogP) is 4.45. The van der Waals surface area contributed by atoms with Crippen molar-refractivity contribution in [2.75, 3.05) is 14.2 Å². The Morgan fingerprint density at radius 1 is 0.889 bits per heavy atom. The highest BCUT2D eigenvalue weighted by molar-refractivity contribution is 5.78. The summed E-state index contributed by atoms with van der Waals surface area (Å²) in [5, 5.41) is 3.58. The first-order valence-electron chi connectivity index (χ1n) is 7.32. The molecule has 0 aliphatic heterocycles. The zero-order chi connectivity index (χ0) is 20.0. The molecular formula is C16H11F6N3O2. The quantitative estimate of drug-likeness (QED) is 0.619. The molecule has 3 aromatic rings. The second kappa shape index (κ2) is 6.32. The van der Waals surface area contributed by atoms with Crippen molar-refractivity contribution in [3.8, 4) is 22.6 Å². The molecular weight excluding hydrogens is 380 g/mol. The number of hydrogen-bond acceptors (Lipinski definition) is 4. The average Bonchev–Trinajstić information content (AvgIpc) is 3.02. The molecule has 1 aromatic carbocycles. The molecule has 0 amide bonds. The van der Waals surface area contributed by atoms with E-state index in [-0.39, 0.29) is 22.9 Å². The summed E-state index contributed by atoms with van der Waals surface area (Å²) in [6.45, 7) is 0. The van der Waals surface area contributed by atoms with Crippen molar-refractivity contribution in [2.24, 2.45) is 0 Å². The summed E-state index contributed by atoms with van der Waals surface area (Å²) in [5.41, 5.74) is -3.57. The number of aromatic nitrogens is 3. The third-order valence-corrected chi connectivity index (χ3v) is 3.75. The highest BCUT2D eigenvalue weighted by Crippen LogP contribution is 2.38. The fourth-order valence-corrected chi connectivity index (χ4v) is 2.52. The number of ether oxygens (including phenoxy) is 2. The third-order valence-electron chi connectivity index (χ3n) is 3.75. The maximum atomic E-state index is 13.2. The zero-order valence-electron chi connectivity index (χ0n) is 13.8. The topological polar surface area (TPSA) is 48.7 Å². The minimum Gasteiger partial charge on any atom is -0.493 e. The standard InChI is InChI=1S/C16H11F6N3O2/c1-26-10-4-3-8(5-11(10)27-2)9-7-23-25-13(16(20,21)22)6-12(15(17,18)19)24-14(9)25/h3-7H,1-2H3. The lowest BCUT2D eigenvalue weighted by molar-refractivity contribution is -0.148. The first-order valence-corrected chi connectivity index (χ1v) is 7.32. The SMILES string of the molecule is COc1ccc(-c2cnn3c(C(F)(F)F)cc(C(F)(F)F)nc23)cc1OC. The highest BCUT2D eigenvalue weighted by atomic mass is 19.4. The molecule has 11 heteroatoms. The molecule has 2 aromatic heterocycles. The van der Waals surface area contributed by atoms with Gasteiger partial charge in [0.05, 0.1) is 20.4 Å². The maximum absolute atomic E-state index is 13.2. The van der Waals surface area contributed by atoms with Gasteiger partial charge in [-0.2, -0.15) is 31.4 Å². The second-order valence-electron chi connectivity index (χ2n) is 5.39. The van der Waals surface area contributed by atoms with E-state index in [1.54, 1.807) is 0 Å². The van der Waals surface area contributed by atoms with Crippen LogP contribution in [0, 0.1) is 0 Å². The number of alkyl halides is 6. The molecule has 144 valence electrons. The van der Waals surface area contributed by atoms with Crippen LogP contribution in [-0.4, -0.2) is 28.8 Å². The maximum Gasteiger partial charge on any atom is 0.433 e. The summed E-state index contributed by atoms with van der Waals surface area (Å²) >= 11 is 0. The molecule has 2 heterocycles. The fourth-order valence-electron chi connectivity index (χ4n) is 2.52. The first-order chi connectivity index (χ1) is 12.6. The van der Waals surface area contributed by atoms with Gasteiger partial charge in [-0.1, -0.05) is 6.07 Å². The predicted molar refractivity (Wildman–Crippen MR) is 81.5 cm³/mol. The normalized spacial score (nSPS) is 12.4. The Labute approximate surface area is 148 Å². The summed E-state index contributed by atoms with van der Waals surface area (Å²) in [7, 11) is 2.74. The van der Waals surface area contributed by atoms with Crippen molar-refractivity contribution in [3.05, 3.63) is 41.9 Å². The minimum atomic E-state index is -5.05. The Kier molecular flexibility index (Phi) is 4.40. The van der Waals surface area contributed by atoms with Gasteiger partial charge in [-0.15, -0.1) is 0 Å². The molecule has 0 aliphatic rings. The van der Waals surface area contributed by atoms with Gasteiger partial charge < -0.3 is 9.47 Å². The van der Waals surface area contributed by atoms with E-state index in [2.05, 4.69) is 10.1 Å². The minimum absolute atomic E-state index is 0.0208. The van der Waals surface area contributed by atoms with E-state index >= 15 is 0 Å². The summed E-state index contributed by atoms with van der Waals surface area (Å²) in [6.07, 6.45) is -9.10. The molecule has 0 atom stereocenters. The summed E-state index contributed by atoms with van der Waals surface area (Å²) < 4.78 is 89.3. The largest absolute Gasteiger partial charge is 0.493 e. The number of methoxy groups -OCH3 is 2. The summed E-state index contributed by atoms with van der Waals surface area (Å²) in [5.74, 6) is 0.593. The van der Waals surface area contributed by atoms with E-state index < -0.39 is 29.4 Å². The van der Waals surface area contributed by atoms with E-state index in [4.69, 9.17) is 9.47 Å². The van der Waals surface area contributed by atoms with Crippen LogP contribution in [0.25, 0.3) is 16.8 Å². The van der Waals surface area contributed by atoms with Crippen LogP contribution < -0.4 is 9.47 Å². The van der Waals surface area contributed by atoms with Crippen LogP contribution in [0.15, 0.2) is 30.5 Å². The molecule has 5 nitrogen and oxygen atoms in total. The number of halogens is 6. The van der Waals surface area contributed by atoms with Crippen molar-refractivity contribution in [2.45, 2.75) is 12.4 Å². The molecule has 0 saturated heterocycles. The lowest BCUT2D eigenvalue weighted by Gasteiger charge is -2.13. The van der Waals surface area contributed by atoms with Crippen molar-refractivity contribution >= 4 is 5.65 Å². The van der Waals surface area contributed by atoms with Gasteiger partial charge in [0.2, 0.25) is 0 Å². The van der Waals surface area contributed by atoms with Gasteiger partial charge in [-0.05, 0) is 23.8 Å². The molecule has 0 bridgehead atoms. The van der Waals surface area contributed by atoms with Gasteiger partial charge in [-0.25, -0.2) is 9.50 Å². The van der Waals surface area contributed by atoms with Gasteiger partial charge in [0.15, 0.2) is 22.8 Å². The molecule has 0 N–H and O–H groups in total. The summed E-state index contributed by atoms with van der Waals surface area (Å²) in [6, 6.07) is 4.26. The number of fused-ring (bicyclic) bond motifs is 1. The molecule has 3 rings (SSSR count). The van der Waals surface area contributed by atoms with E-state index in [1.165, 1.54) is 32.4 Å². The van der Waals surface area contributed by atoms with Crippen LogP contribution in [0.3, 0.4) is 0 Å². The van der Waals surface area contributed by atoms with E-state index in [1.807, 2.05) is 0 Å². The van der Waals surface area contributed by atoms with E-state index in [0.29, 0.717) is 10.3 Å². The molecule has 0 saturated carbocycles. The van der Waals surface area contributed by atoms with Crippen LogP contribution in [0.1, 0.15) is 11.4 Å². The van der Waals surface area contributed by atoms with E-state index in [0.717, 1.165) is 6.20 Å². The van der Waals surface area contributed by atoms with Crippen LogP contribution in [0.5, 0.6) is 11.5 Å². The molecule has 0 radical (unpaired) electrons. The number of benzene rings is 1. The van der Waals surface area contributed by atoms with Gasteiger partial charge in [0, 0.05) is 5.56 Å². The summed E-state index contributed by atoms with van der Waals surface area (Å²) in [4.78, 5) is 3.36. The van der Waals surface area contributed by atoms with Crippen LogP contribution in [-0.2, 0) is 12.4 Å². The van der Waals surface area contributed by atoms with Crippen molar-refractivity contribution in [1.82, 2.24) is 14.6 Å². The highest BCUT2D eigenvalue weighted by Gasteiger charge is 2.40. The van der Waals surface area contributed by atoms with Gasteiger partial charge in [0.25, 0.3) is 0 Å².